The van der Waals surface area contributed by atoms with Gasteiger partial charge in [0.1, 0.15) is 6.29 Å². The van der Waals surface area contributed by atoms with Crippen molar-refractivity contribution in [2.24, 2.45) is 0 Å². The summed E-state index contributed by atoms with van der Waals surface area (Å²) in [7, 11) is 2.83. The second kappa shape index (κ2) is 8.73. The van der Waals surface area contributed by atoms with Crippen LogP contribution in [-0.4, -0.2) is 42.4 Å². The molecular weight excluding hydrogens is 336 g/mol. The number of methoxy groups -OCH3 is 2. The van der Waals surface area contributed by atoms with Crippen molar-refractivity contribution >= 4 is 18.4 Å². The van der Waals surface area contributed by atoms with E-state index in [1.54, 1.807) is 42.5 Å². The zero-order valence-electron chi connectivity index (χ0n) is 14.5. The van der Waals surface area contributed by atoms with E-state index in [4.69, 9.17) is 14.6 Å². The molecule has 0 radical (unpaired) electrons. The van der Waals surface area contributed by atoms with Crippen LogP contribution in [0.5, 0.6) is 23.0 Å². The van der Waals surface area contributed by atoms with Crippen molar-refractivity contribution in [3.8, 4) is 34.1 Å². The van der Waals surface area contributed by atoms with Gasteiger partial charge in [-0.15, -0.1) is 0 Å². The third kappa shape index (κ3) is 4.04. The Balaban J connectivity index is 2.74. The van der Waals surface area contributed by atoms with E-state index >= 15 is 0 Å². The quantitative estimate of drug-likeness (QED) is 0.521. The highest BCUT2D eigenvalue weighted by molar-refractivity contribution is 5.85. The first-order valence-electron chi connectivity index (χ1n) is 7.77. The summed E-state index contributed by atoms with van der Waals surface area (Å²) in [6, 6.07) is 6.44. The molecule has 0 heterocycles. The number of hydrogen-bond acceptors (Lipinski definition) is 6. The Morgan fingerprint density at radius 3 is 1.81 bits per heavy atom. The maximum atomic E-state index is 10.6. The average molecular weight is 356 g/mol. The Morgan fingerprint density at radius 2 is 1.38 bits per heavy atom. The number of benzene rings is 2. The van der Waals surface area contributed by atoms with Crippen molar-refractivity contribution < 1.29 is 29.6 Å². The van der Waals surface area contributed by atoms with E-state index in [1.807, 2.05) is 0 Å². The van der Waals surface area contributed by atoms with Crippen LogP contribution in [0.1, 0.15) is 11.1 Å². The third-order valence-electron chi connectivity index (χ3n) is 3.71. The van der Waals surface area contributed by atoms with Gasteiger partial charge < -0.3 is 24.8 Å². The fraction of sp³-hybridized carbons (Fsp3) is 0.150. The molecule has 0 aliphatic rings. The minimum atomic E-state index is -0.156. The predicted octanol–water partition coefficient (Wildman–Crippen LogP) is 3.00. The van der Waals surface area contributed by atoms with Crippen LogP contribution < -0.4 is 9.47 Å². The molecule has 0 saturated heterocycles. The van der Waals surface area contributed by atoms with Crippen LogP contribution in [0.25, 0.3) is 23.3 Å². The molecule has 2 aromatic carbocycles. The monoisotopic (exact) mass is 356 g/mol. The lowest BCUT2D eigenvalue weighted by atomic mass is 9.97. The topological polar surface area (TPSA) is 96.2 Å². The molecule has 0 atom stereocenters. The van der Waals surface area contributed by atoms with Crippen molar-refractivity contribution in [2.45, 2.75) is 0 Å². The molecule has 2 aromatic rings. The number of aliphatic hydroxyl groups excluding tert-OH is 1. The molecule has 6 nitrogen and oxygen atoms in total. The van der Waals surface area contributed by atoms with E-state index in [0.29, 0.717) is 28.5 Å². The van der Waals surface area contributed by atoms with E-state index in [-0.39, 0.29) is 29.6 Å². The summed E-state index contributed by atoms with van der Waals surface area (Å²) >= 11 is 0. The molecule has 0 aliphatic heterocycles. The van der Waals surface area contributed by atoms with Crippen molar-refractivity contribution in [1.29, 1.82) is 0 Å². The van der Waals surface area contributed by atoms with Gasteiger partial charge in [-0.05, 0) is 41.5 Å². The molecular formula is C20H20O6. The number of carbonyl (C=O) groups is 1. The summed E-state index contributed by atoms with van der Waals surface area (Å²) in [4.78, 5) is 10.6. The molecule has 0 spiro atoms. The molecule has 0 saturated carbocycles. The number of aromatic hydroxyl groups is 2. The smallest absolute Gasteiger partial charge is 0.165 e. The van der Waals surface area contributed by atoms with Gasteiger partial charge in [0.25, 0.3) is 0 Å². The lowest BCUT2D eigenvalue weighted by molar-refractivity contribution is -0.104. The highest BCUT2D eigenvalue weighted by Crippen LogP contribution is 2.45. The zero-order chi connectivity index (χ0) is 19.1. The predicted molar refractivity (Wildman–Crippen MR) is 99.5 cm³/mol. The first-order valence-corrected chi connectivity index (χ1v) is 7.77. The summed E-state index contributed by atoms with van der Waals surface area (Å²) in [6.45, 7) is -0.135. The number of rotatable bonds is 7. The molecule has 0 unspecified atom stereocenters. The standard InChI is InChI=1S/C20H20O6/c1-25-17-11-13(5-3-7-21)9-15(19(17)23)16-10-14(6-4-8-22)12-18(26-2)20(16)24/h3-7,9-12,22-24H,8H2,1-2H3. The van der Waals surface area contributed by atoms with Gasteiger partial charge in [0.15, 0.2) is 23.0 Å². The van der Waals surface area contributed by atoms with Crippen LogP contribution in [0, 0.1) is 0 Å². The molecule has 136 valence electrons. The first-order chi connectivity index (χ1) is 12.5. The summed E-state index contributed by atoms with van der Waals surface area (Å²) in [5, 5.41) is 30.0. The van der Waals surface area contributed by atoms with E-state index in [2.05, 4.69) is 0 Å². The number of aldehydes is 1. The normalized spacial score (nSPS) is 11.2. The number of allylic oxidation sites excluding steroid dienone is 1. The maximum Gasteiger partial charge on any atom is 0.165 e. The highest BCUT2D eigenvalue weighted by atomic mass is 16.5. The lowest BCUT2D eigenvalue weighted by Gasteiger charge is -2.15. The Labute approximate surface area is 151 Å². The van der Waals surface area contributed by atoms with Gasteiger partial charge in [-0.25, -0.2) is 0 Å². The van der Waals surface area contributed by atoms with E-state index in [0.717, 1.165) is 0 Å². The van der Waals surface area contributed by atoms with Gasteiger partial charge in [0, 0.05) is 11.1 Å². The van der Waals surface area contributed by atoms with Gasteiger partial charge in [0.05, 0.1) is 20.8 Å². The molecule has 2 rings (SSSR count). The van der Waals surface area contributed by atoms with Gasteiger partial charge in [0.2, 0.25) is 0 Å². The second-order valence-corrected chi connectivity index (χ2v) is 5.32. The van der Waals surface area contributed by atoms with Gasteiger partial charge in [-0.1, -0.05) is 18.2 Å². The fourth-order valence-corrected chi connectivity index (χ4v) is 2.51. The first kappa shape index (κ1) is 19.1. The molecule has 0 bridgehead atoms. The molecule has 3 N–H and O–H groups in total. The number of phenols is 2. The lowest BCUT2D eigenvalue weighted by Crippen LogP contribution is -1.92. The Morgan fingerprint density at radius 1 is 0.885 bits per heavy atom. The number of aliphatic hydroxyl groups is 1. The van der Waals surface area contributed by atoms with E-state index in [1.165, 1.54) is 20.3 Å². The minimum Gasteiger partial charge on any atom is -0.504 e. The maximum absolute atomic E-state index is 10.6. The number of hydrogen-bond donors (Lipinski definition) is 3. The van der Waals surface area contributed by atoms with E-state index < -0.39 is 0 Å². The number of ether oxygens (including phenoxy) is 2. The Hall–Kier alpha value is -3.25. The van der Waals surface area contributed by atoms with Crippen LogP contribution in [0.3, 0.4) is 0 Å². The molecule has 0 aromatic heterocycles. The molecule has 0 amide bonds. The third-order valence-corrected chi connectivity index (χ3v) is 3.71. The summed E-state index contributed by atoms with van der Waals surface area (Å²) in [5.41, 5.74) is 1.90. The number of phenolic OH excluding ortho intramolecular Hbond substituents is 2. The van der Waals surface area contributed by atoms with E-state index in [9.17, 15) is 15.0 Å². The SMILES string of the molecule is COc1cc(C=CC=O)cc(-c2cc(C=CCO)cc(OC)c2O)c1O. The number of carbonyl (C=O) groups excluding carboxylic acids is 1. The summed E-state index contributed by atoms with van der Waals surface area (Å²) < 4.78 is 10.4. The average Bonchev–Trinajstić information content (AvgIpc) is 2.66. The van der Waals surface area contributed by atoms with Gasteiger partial charge in [-0.2, -0.15) is 0 Å². The minimum absolute atomic E-state index is 0.135. The van der Waals surface area contributed by atoms with Crippen LogP contribution in [0.15, 0.2) is 36.4 Å². The van der Waals surface area contributed by atoms with Crippen molar-refractivity contribution in [3.05, 3.63) is 47.5 Å². The van der Waals surface area contributed by atoms with Crippen LogP contribution in [-0.2, 0) is 4.79 Å². The Bertz CT molecular complexity index is 852. The van der Waals surface area contributed by atoms with Crippen molar-refractivity contribution in [1.82, 2.24) is 0 Å². The molecule has 6 heteroatoms. The van der Waals surface area contributed by atoms with Crippen molar-refractivity contribution in [3.63, 3.8) is 0 Å². The van der Waals surface area contributed by atoms with Crippen LogP contribution in [0.4, 0.5) is 0 Å². The fourth-order valence-electron chi connectivity index (χ4n) is 2.51. The molecule has 0 aliphatic carbocycles. The van der Waals surface area contributed by atoms with Gasteiger partial charge in [-0.3, -0.25) is 4.79 Å². The second-order valence-electron chi connectivity index (χ2n) is 5.32. The highest BCUT2D eigenvalue weighted by Gasteiger charge is 2.18. The van der Waals surface area contributed by atoms with Crippen molar-refractivity contribution in [2.75, 3.05) is 20.8 Å². The molecule has 0 fully saturated rings. The van der Waals surface area contributed by atoms with Crippen LogP contribution >= 0.6 is 0 Å². The summed E-state index contributed by atoms with van der Waals surface area (Å²) in [6.07, 6.45) is 6.72. The Kier molecular flexibility index (Phi) is 6.41. The summed E-state index contributed by atoms with van der Waals surface area (Å²) in [5.74, 6) is 0.105. The largest absolute Gasteiger partial charge is 0.504 e. The zero-order valence-corrected chi connectivity index (χ0v) is 14.5. The van der Waals surface area contributed by atoms with Crippen LogP contribution in [0.2, 0.25) is 0 Å². The van der Waals surface area contributed by atoms with Gasteiger partial charge >= 0.3 is 0 Å². The molecule has 26 heavy (non-hydrogen) atoms.